The van der Waals surface area contributed by atoms with Gasteiger partial charge in [-0.1, -0.05) is 6.42 Å². The maximum Gasteiger partial charge on any atom is 0.242 e. The molecule has 0 spiro atoms. The van der Waals surface area contributed by atoms with Gasteiger partial charge in [-0.2, -0.15) is 0 Å². The van der Waals surface area contributed by atoms with Gasteiger partial charge in [-0.3, -0.25) is 0 Å². The minimum absolute atomic E-state index is 0.0818. The predicted octanol–water partition coefficient (Wildman–Crippen LogP) is 1.87. The van der Waals surface area contributed by atoms with Crippen LogP contribution in [-0.2, 0) is 10.0 Å². The van der Waals surface area contributed by atoms with Gasteiger partial charge in [0.15, 0.2) is 0 Å². The van der Waals surface area contributed by atoms with E-state index in [2.05, 4.69) is 0 Å². The molecule has 0 saturated heterocycles. The molecule has 0 unspecified atom stereocenters. The zero-order valence-corrected chi connectivity index (χ0v) is 13.2. The molecule has 0 aromatic heterocycles. The van der Waals surface area contributed by atoms with Gasteiger partial charge in [0, 0.05) is 26.6 Å². The van der Waals surface area contributed by atoms with Crippen LogP contribution in [0.15, 0.2) is 29.2 Å². The van der Waals surface area contributed by atoms with Crippen LogP contribution in [0.2, 0.25) is 0 Å². The second kappa shape index (κ2) is 7.24. The third-order valence-electron chi connectivity index (χ3n) is 3.84. The molecule has 2 rings (SSSR count). The molecule has 6 heteroatoms. The first-order chi connectivity index (χ1) is 10.0. The van der Waals surface area contributed by atoms with Crippen molar-refractivity contribution in [1.29, 1.82) is 0 Å². The van der Waals surface area contributed by atoms with E-state index in [9.17, 15) is 8.42 Å². The number of benzene rings is 1. The van der Waals surface area contributed by atoms with Crippen molar-refractivity contribution in [2.45, 2.75) is 30.6 Å². The lowest BCUT2D eigenvalue weighted by Gasteiger charge is -2.29. The Morgan fingerprint density at radius 2 is 1.95 bits per heavy atom. The van der Waals surface area contributed by atoms with E-state index in [1.165, 1.54) is 10.7 Å². The summed E-state index contributed by atoms with van der Waals surface area (Å²) in [6.07, 6.45) is 4.01. The highest BCUT2D eigenvalue weighted by Crippen LogP contribution is 2.28. The van der Waals surface area contributed by atoms with Gasteiger partial charge in [-0.05, 0) is 43.0 Å². The number of sulfonamides is 1. The molecular formula is C15H23NO4S. The molecule has 0 heterocycles. The average molecular weight is 313 g/mol. The fourth-order valence-corrected chi connectivity index (χ4v) is 3.53. The Labute approximate surface area is 126 Å². The van der Waals surface area contributed by atoms with Gasteiger partial charge in [-0.25, -0.2) is 12.7 Å². The molecule has 0 amide bonds. The van der Waals surface area contributed by atoms with Crippen LogP contribution < -0.4 is 4.74 Å². The fraction of sp³-hybridized carbons (Fsp3) is 0.600. The summed E-state index contributed by atoms with van der Waals surface area (Å²) in [4.78, 5) is 0.291. The molecule has 0 atom stereocenters. The van der Waals surface area contributed by atoms with Crippen molar-refractivity contribution >= 4 is 10.0 Å². The molecule has 1 aliphatic rings. The van der Waals surface area contributed by atoms with Gasteiger partial charge in [0.25, 0.3) is 0 Å². The first-order valence-corrected chi connectivity index (χ1v) is 8.78. The quantitative estimate of drug-likeness (QED) is 0.744. The van der Waals surface area contributed by atoms with Crippen molar-refractivity contribution in [1.82, 2.24) is 4.31 Å². The van der Waals surface area contributed by atoms with Gasteiger partial charge in [0.1, 0.15) is 5.75 Å². The van der Waals surface area contributed by atoms with E-state index in [1.807, 2.05) is 0 Å². The van der Waals surface area contributed by atoms with E-state index in [4.69, 9.17) is 9.84 Å². The number of rotatable bonds is 8. The summed E-state index contributed by atoms with van der Waals surface area (Å²) in [5.41, 5.74) is 0. The Kier molecular flexibility index (Phi) is 5.61. The summed E-state index contributed by atoms with van der Waals surface area (Å²) < 4.78 is 31.7. The standard InChI is InChI=1S/C15H23NO4S/c1-16(12-13-4-2-5-13)21(18,19)15-8-6-14(7-9-15)20-11-3-10-17/h6-9,13,17H,2-5,10-12H2,1H3. The fourth-order valence-electron chi connectivity index (χ4n) is 2.28. The summed E-state index contributed by atoms with van der Waals surface area (Å²) in [5, 5.41) is 8.69. The number of nitrogens with zero attached hydrogens (tertiary/aromatic N) is 1. The molecule has 1 aromatic rings. The Morgan fingerprint density at radius 3 is 2.48 bits per heavy atom. The molecule has 1 aromatic carbocycles. The van der Waals surface area contributed by atoms with E-state index < -0.39 is 10.0 Å². The Bertz CT molecular complexity index is 537. The minimum atomic E-state index is -3.41. The lowest BCUT2D eigenvalue weighted by atomic mass is 9.86. The maximum atomic E-state index is 12.4. The first kappa shape index (κ1) is 16.3. The maximum absolute atomic E-state index is 12.4. The third-order valence-corrected chi connectivity index (χ3v) is 5.68. The number of hydrogen-bond donors (Lipinski definition) is 1. The molecule has 1 fully saturated rings. The zero-order valence-electron chi connectivity index (χ0n) is 12.4. The molecule has 21 heavy (non-hydrogen) atoms. The van der Waals surface area contributed by atoms with Crippen LogP contribution in [0.5, 0.6) is 5.75 Å². The van der Waals surface area contributed by atoms with Crippen molar-refractivity contribution in [3.05, 3.63) is 24.3 Å². The van der Waals surface area contributed by atoms with Crippen molar-refractivity contribution in [2.75, 3.05) is 26.8 Å². The summed E-state index contributed by atoms with van der Waals surface area (Å²) in [6.45, 7) is 1.10. The SMILES string of the molecule is CN(CC1CCC1)S(=O)(=O)c1ccc(OCCCO)cc1. The normalized spacial score (nSPS) is 16.0. The van der Waals surface area contributed by atoms with E-state index in [0.717, 1.165) is 12.8 Å². The van der Waals surface area contributed by atoms with Crippen molar-refractivity contribution in [3.63, 3.8) is 0 Å². The minimum Gasteiger partial charge on any atom is -0.494 e. The highest BCUT2D eigenvalue weighted by atomic mass is 32.2. The van der Waals surface area contributed by atoms with Crippen LogP contribution in [0.3, 0.4) is 0 Å². The van der Waals surface area contributed by atoms with E-state index >= 15 is 0 Å². The van der Waals surface area contributed by atoms with Gasteiger partial charge >= 0.3 is 0 Å². The Hall–Kier alpha value is -1.11. The lowest BCUT2D eigenvalue weighted by molar-refractivity contribution is 0.233. The number of aliphatic hydroxyl groups is 1. The molecule has 1 saturated carbocycles. The van der Waals surface area contributed by atoms with Crippen molar-refractivity contribution in [2.24, 2.45) is 5.92 Å². The third kappa shape index (κ3) is 4.18. The molecular weight excluding hydrogens is 290 g/mol. The second-order valence-corrected chi connectivity index (χ2v) is 7.52. The van der Waals surface area contributed by atoms with Crippen LogP contribution in [0.1, 0.15) is 25.7 Å². The van der Waals surface area contributed by atoms with Crippen LogP contribution in [0.4, 0.5) is 0 Å². The first-order valence-electron chi connectivity index (χ1n) is 7.34. The zero-order chi connectivity index (χ0) is 15.3. The number of hydrogen-bond acceptors (Lipinski definition) is 4. The van der Waals surface area contributed by atoms with Crippen LogP contribution in [0, 0.1) is 5.92 Å². The highest BCUT2D eigenvalue weighted by Gasteiger charge is 2.26. The van der Waals surface area contributed by atoms with Gasteiger partial charge in [0.05, 0.1) is 11.5 Å². The smallest absolute Gasteiger partial charge is 0.242 e. The van der Waals surface area contributed by atoms with E-state index in [-0.39, 0.29) is 6.61 Å². The molecule has 0 radical (unpaired) electrons. The molecule has 5 nitrogen and oxygen atoms in total. The molecule has 118 valence electrons. The highest BCUT2D eigenvalue weighted by molar-refractivity contribution is 7.89. The number of ether oxygens (including phenoxy) is 1. The second-order valence-electron chi connectivity index (χ2n) is 5.48. The van der Waals surface area contributed by atoms with Crippen LogP contribution in [0.25, 0.3) is 0 Å². The summed E-state index contributed by atoms with van der Waals surface area (Å²) >= 11 is 0. The van der Waals surface area contributed by atoms with Crippen LogP contribution >= 0.6 is 0 Å². The molecule has 0 bridgehead atoms. The van der Waals surface area contributed by atoms with Crippen molar-refractivity contribution in [3.8, 4) is 5.75 Å². The molecule has 0 aliphatic heterocycles. The van der Waals surface area contributed by atoms with Crippen LogP contribution in [-0.4, -0.2) is 44.6 Å². The van der Waals surface area contributed by atoms with Gasteiger partial charge < -0.3 is 9.84 Å². The Balaban J connectivity index is 1.98. The van der Waals surface area contributed by atoms with Gasteiger partial charge in [0.2, 0.25) is 10.0 Å². The molecule has 1 aliphatic carbocycles. The Morgan fingerprint density at radius 1 is 1.29 bits per heavy atom. The summed E-state index contributed by atoms with van der Waals surface area (Å²) in [5.74, 6) is 1.12. The van der Waals surface area contributed by atoms with E-state index in [0.29, 0.717) is 36.1 Å². The largest absolute Gasteiger partial charge is 0.494 e. The predicted molar refractivity (Wildman–Crippen MR) is 80.8 cm³/mol. The monoisotopic (exact) mass is 313 g/mol. The lowest BCUT2D eigenvalue weighted by Crippen LogP contribution is -2.34. The number of aliphatic hydroxyl groups excluding tert-OH is 1. The summed E-state index contributed by atoms with van der Waals surface area (Å²) in [6, 6.07) is 6.45. The van der Waals surface area contributed by atoms with Gasteiger partial charge in [-0.15, -0.1) is 0 Å². The molecule has 1 N–H and O–H groups in total. The van der Waals surface area contributed by atoms with E-state index in [1.54, 1.807) is 31.3 Å². The van der Waals surface area contributed by atoms with Crippen molar-refractivity contribution < 1.29 is 18.3 Å². The summed E-state index contributed by atoms with van der Waals surface area (Å²) in [7, 11) is -1.78. The topological polar surface area (TPSA) is 66.8 Å². The average Bonchev–Trinajstić information content (AvgIpc) is 2.43.